The van der Waals surface area contributed by atoms with Crippen molar-refractivity contribution in [3.8, 4) is 5.75 Å². The van der Waals surface area contributed by atoms with Crippen LogP contribution in [-0.4, -0.2) is 11.4 Å². The van der Waals surface area contributed by atoms with Gasteiger partial charge in [0.25, 0.3) is 0 Å². The number of ether oxygens (including phenoxy) is 1. The fraction of sp³-hybridized carbons (Fsp3) is 0.500. The maximum Gasteiger partial charge on any atom is 0.194 e. The zero-order chi connectivity index (χ0) is 10.4. The molecule has 1 rings (SSSR count). The summed E-state index contributed by atoms with van der Waals surface area (Å²) in [7, 11) is 0. The van der Waals surface area contributed by atoms with E-state index in [0.29, 0.717) is 0 Å². The van der Waals surface area contributed by atoms with E-state index in [2.05, 4.69) is 6.92 Å². The van der Waals surface area contributed by atoms with Crippen molar-refractivity contribution in [2.24, 2.45) is 0 Å². The molecule has 1 N–H and O–H groups in total. The third kappa shape index (κ3) is 3.79. The second-order valence-corrected chi connectivity index (χ2v) is 3.46. The second-order valence-electron chi connectivity index (χ2n) is 3.46. The first-order chi connectivity index (χ1) is 6.72. The van der Waals surface area contributed by atoms with Gasteiger partial charge in [0.05, 0.1) is 0 Å². The molecule has 1 unspecified atom stereocenters. The summed E-state index contributed by atoms with van der Waals surface area (Å²) in [4.78, 5) is 0. The van der Waals surface area contributed by atoms with Crippen molar-refractivity contribution in [3.63, 3.8) is 0 Å². The van der Waals surface area contributed by atoms with E-state index in [0.717, 1.165) is 12.2 Å². The van der Waals surface area contributed by atoms with E-state index in [1.807, 2.05) is 24.3 Å². The van der Waals surface area contributed by atoms with Crippen LogP contribution in [0.4, 0.5) is 0 Å². The van der Waals surface area contributed by atoms with Gasteiger partial charge in [0, 0.05) is 0 Å². The lowest BCUT2D eigenvalue weighted by Gasteiger charge is -2.08. The minimum absolute atomic E-state index is 0.722. The lowest BCUT2D eigenvalue weighted by Crippen LogP contribution is -2.09. The van der Waals surface area contributed by atoms with Crippen LogP contribution in [0.25, 0.3) is 0 Å². The molecule has 0 amide bonds. The molecular weight excluding hydrogens is 176 g/mol. The van der Waals surface area contributed by atoms with Crippen LogP contribution < -0.4 is 4.74 Å². The standard InChI is InChI=1S/C12H18O2/c1-3-4-5-11-6-8-12(9-7-11)14-10(2)13/h6-10,13H,3-5H2,1-2H3. The van der Waals surface area contributed by atoms with Crippen LogP contribution in [0.15, 0.2) is 24.3 Å². The molecule has 78 valence electrons. The van der Waals surface area contributed by atoms with Gasteiger partial charge in [0.15, 0.2) is 6.29 Å². The zero-order valence-electron chi connectivity index (χ0n) is 8.86. The van der Waals surface area contributed by atoms with Crippen molar-refractivity contribution in [3.05, 3.63) is 29.8 Å². The Morgan fingerprint density at radius 1 is 1.29 bits per heavy atom. The minimum atomic E-state index is -0.739. The Kier molecular flexibility index (Phi) is 4.47. The molecule has 0 aromatic heterocycles. The Bertz CT molecular complexity index is 252. The normalized spacial score (nSPS) is 12.5. The Morgan fingerprint density at radius 2 is 1.93 bits per heavy atom. The van der Waals surface area contributed by atoms with Crippen LogP contribution in [-0.2, 0) is 6.42 Å². The van der Waals surface area contributed by atoms with E-state index in [9.17, 15) is 0 Å². The zero-order valence-corrected chi connectivity index (χ0v) is 8.86. The molecule has 2 nitrogen and oxygen atoms in total. The van der Waals surface area contributed by atoms with Crippen molar-refractivity contribution in [1.29, 1.82) is 0 Å². The highest BCUT2D eigenvalue weighted by Crippen LogP contribution is 2.14. The van der Waals surface area contributed by atoms with Gasteiger partial charge in [-0.15, -0.1) is 0 Å². The summed E-state index contributed by atoms with van der Waals surface area (Å²) in [6.45, 7) is 3.79. The van der Waals surface area contributed by atoms with Crippen LogP contribution >= 0.6 is 0 Å². The molecule has 2 heteroatoms. The summed E-state index contributed by atoms with van der Waals surface area (Å²) in [6, 6.07) is 7.90. The number of unbranched alkanes of at least 4 members (excludes halogenated alkanes) is 1. The van der Waals surface area contributed by atoms with Crippen molar-refractivity contribution in [1.82, 2.24) is 0 Å². The number of hydrogen-bond acceptors (Lipinski definition) is 2. The molecule has 0 saturated carbocycles. The Morgan fingerprint density at radius 3 is 2.43 bits per heavy atom. The van der Waals surface area contributed by atoms with Crippen molar-refractivity contribution in [2.45, 2.75) is 39.4 Å². The third-order valence-electron chi connectivity index (χ3n) is 2.05. The van der Waals surface area contributed by atoms with E-state index in [-0.39, 0.29) is 0 Å². The highest BCUT2D eigenvalue weighted by molar-refractivity contribution is 5.27. The fourth-order valence-corrected chi connectivity index (χ4v) is 1.31. The Hall–Kier alpha value is -1.02. The number of rotatable bonds is 5. The second kappa shape index (κ2) is 5.66. The van der Waals surface area contributed by atoms with E-state index < -0.39 is 6.29 Å². The molecule has 14 heavy (non-hydrogen) atoms. The Labute approximate surface area is 85.5 Å². The van der Waals surface area contributed by atoms with Crippen molar-refractivity contribution in [2.75, 3.05) is 0 Å². The fourth-order valence-electron chi connectivity index (χ4n) is 1.31. The lowest BCUT2D eigenvalue weighted by molar-refractivity contribution is -0.000302. The monoisotopic (exact) mass is 194 g/mol. The van der Waals surface area contributed by atoms with Gasteiger partial charge < -0.3 is 9.84 Å². The summed E-state index contributed by atoms with van der Waals surface area (Å²) >= 11 is 0. The molecule has 1 atom stereocenters. The first-order valence-corrected chi connectivity index (χ1v) is 5.16. The predicted molar refractivity (Wildman–Crippen MR) is 57.4 cm³/mol. The summed E-state index contributed by atoms with van der Waals surface area (Å²) in [5.74, 6) is 0.722. The summed E-state index contributed by atoms with van der Waals surface area (Å²) in [5, 5.41) is 8.99. The molecular formula is C12H18O2. The maximum atomic E-state index is 8.99. The van der Waals surface area contributed by atoms with E-state index in [4.69, 9.17) is 9.84 Å². The molecule has 0 aliphatic rings. The number of aliphatic hydroxyl groups excluding tert-OH is 1. The van der Waals surface area contributed by atoms with Crippen LogP contribution in [0.3, 0.4) is 0 Å². The molecule has 0 spiro atoms. The average molecular weight is 194 g/mol. The third-order valence-corrected chi connectivity index (χ3v) is 2.05. The van der Waals surface area contributed by atoms with Crippen molar-refractivity contribution >= 4 is 0 Å². The summed E-state index contributed by atoms with van der Waals surface area (Å²) in [6.07, 6.45) is 2.81. The number of aliphatic hydroxyl groups is 1. The first kappa shape index (κ1) is 11.1. The Balaban J connectivity index is 2.50. The first-order valence-electron chi connectivity index (χ1n) is 5.16. The highest BCUT2D eigenvalue weighted by atomic mass is 16.6. The molecule has 0 radical (unpaired) electrons. The van der Waals surface area contributed by atoms with Crippen LogP contribution in [0.1, 0.15) is 32.3 Å². The molecule has 0 aliphatic carbocycles. The van der Waals surface area contributed by atoms with E-state index in [1.54, 1.807) is 6.92 Å². The molecule has 1 aromatic rings. The SMILES string of the molecule is CCCCc1ccc(OC(C)O)cc1. The number of benzene rings is 1. The summed E-state index contributed by atoms with van der Waals surface area (Å²) < 4.78 is 5.13. The predicted octanol–water partition coefficient (Wildman–Crippen LogP) is 2.75. The summed E-state index contributed by atoms with van der Waals surface area (Å²) in [5.41, 5.74) is 1.32. The molecule has 0 bridgehead atoms. The van der Waals surface area contributed by atoms with Crippen LogP contribution in [0.2, 0.25) is 0 Å². The highest BCUT2D eigenvalue weighted by Gasteiger charge is 1.98. The van der Waals surface area contributed by atoms with Crippen LogP contribution in [0, 0.1) is 0 Å². The van der Waals surface area contributed by atoms with Gasteiger partial charge >= 0.3 is 0 Å². The molecule has 0 saturated heterocycles. The average Bonchev–Trinajstić information content (AvgIpc) is 2.16. The van der Waals surface area contributed by atoms with E-state index in [1.165, 1.54) is 18.4 Å². The minimum Gasteiger partial charge on any atom is -0.465 e. The number of hydrogen-bond donors (Lipinski definition) is 1. The molecule has 0 fully saturated rings. The quantitative estimate of drug-likeness (QED) is 0.730. The van der Waals surface area contributed by atoms with Gasteiger partial charge in [-0.05, 0) is 37.5 Å². The molecule has 1 aromatic carbocycles. The van der Waals surface area contributed by atoms with E-state index >= 15 is 0 Å². The largest absolute Gasteiger partial charge is 0.465 e. The van der Waals surface area contributed by atoms with Gasteiger partial charge in [0.2, 0.25) is 0 Å². The van der Waals surface area contributed by atoms with Gasteiger partial charge in [-0.2, -0.15) is 0 Å². The van der Waals surface area contributed by atoms with Gasteiger partial charge in [-0.1, -0.05) is 25.5 Å². The topological polar surface area (TPSA) is 29.5 Å². The van der Waals surface area contributed by atoms with Gasteiger partial charge in [-0.3, -0.25) is 0 Å². The van der Waals surface area contributed by atoms with Gasteiger partial charge in [0.1, 0.15) is 5.75 Å². The van der Waals surface area contributed by atoms with Gasteiger partial charge in [-0.25, -0.2) is 0 Å². The molecule has 0 heterocycles. The maximum absolute atomic E-state index is 8.99. The van der Waals surface area contributed by atoms with Crippen LogP contribution in [0.5, 0.6) is 5.75 Å². The van der Waals surface area contributed by atoms with Crippen molar-refractivity contribution < 1.29 is 9.84 Å². The number of aryl methyl sites for hydroxylation is 1. The molecule has 0 aliphatic heterocycles. The lowest BCUT2D eigenvalue weighted by atomic mass is 10.1. The smallest absolute Gasteiger partial charge is 0.194 e.